The number of nitrogens with one attached hydrogen (secondary N) is 1. The first-order chi connectivity index (χ1) is 9.22. The monoisotopic (exact) mass is 318 g/mol. The molecular formula is C16H19BrN2. The number of hydrogen-bond acceptors (Lipinski definition) is 2. The summed E-state index contributed by atoms with van der Waals surface area (Å²) in [5, 5.41) is 3.37. The van der Waals surface area contributed by atoms with Gasteiger partial charge < -0.3 is 5.32 Å². The third kappa shape index (κ3) is 3.88. The number of aromatic nitrogens is 1. The third-order valence-electron chi connectivity index (χ3n) is 3.34. The molecule has 1 heterocycles. The summed E-state index contributed by atoms with van der Waals surface area (Å²) in [4.78, 5) is 4.44. The summed E-state index contributed by atoms with van der Waals surface area (Å²) < 4.78 is 1.02. The lowest BCUT2D eigenvalue weighted by atomic mass is 10.00. The van der Waals surface area contributed by atoms with E-state index in [1.165, 1.54) is 11.1 Å². The molecular weight excluding hydrogens is 300 g/mol. The molecule has 0 radical (unpaired) electrons. The molecule has 1 atom stereocenters. The first-order valence-corrected chi connectivity index (χ1v) is 7.38. The Balaban J connectivity index is 2.12. The van der Waals surface area contributed by atoms with Crippen molar-refractivity contribution >= 4 is 15.9 Å². The zero-order valence-corrected chi connectivity index (χ0v) is 12.9. The predicted octanol–water partition coefficient (Wildman–Crippen LogP) is 3.91. The maximum Gasteiger partial charge on any atom is 0.0423 e. The fourth-order valence-corrected chi connectivity index (χ4v) is 2.34. The van der Waals surface area contributed by atoms with Crippen LogP contribution in [-0.2, 0) is 12.8 Å². The summed E-state index contributed by atoms with van der Waals surface area (Å²) in [7, 11) is 2.00. The smallest absolute Gasteiger partial charge is 0.0423 e. The summed E-state index contributed by atoms with van der Waals surface area (Å²) in [6.07, 6.45) is 3.83. The van der Waals surface area contributed by atoms with Crippen LogP contribution in [-0.4, -0.2) is 12.0 Å². The van der Waals surface area contributed by atoms with E-state index in [1.54, 1.807) is 0 Å². The van der Waals surface area contributed by atoms with Crippen LogP contribution >= 0.6 is 15.9 Å². The quantitative estimate of drug-likeness (QED) is 0.904. The Hall–Kier alpha value is -1.19. The maximum atomic E-state index is 4.44. The van der Waals surface area contributed by atoms with Gasteiger partial charge in [-0.3, -0.25) is 4.98 Å². The van der Waals surface area contributed by atoms with Gasteiger partial charge in [0.1, 0.15) is 0 Å². The minimum absolute atomic E-state index is 0.305. The molecule has 0 bridgehead atoms. The van der Waals surface area contributed by atoms with E-state index < -0.39 is 0 Å². The van der Waals surface area contributed by atoms with Gasteiger partial charge >= 0.3 is 0 Å². The number of pyridine rings is 1. The van der Waals surface area contributed by atoms with Crippen molar-refractivity contribution < 1.29 is 0 Å². The lowest BCUT2D eigenvalue weighted by Gasteiger charge is -2.16. The highest BCUT2D eigenvalue weighted by Crippen LogP contribution is 2.19. The maximum absolute atomic E-state index is 4.44. The van der Waals surface area contributed by atoms with Gasteiger partial charge in [0.05, 0.1) is 0 Å². The van der Waals surface area contributed by atoms with Gasteiger partial charge in [-0.05, 0) is 52.7 Å². The van der Waals surface area contributed by atoms with E-state index >= 15 is 0 Å². The SMILES string of the molecule is CCc1ccc(C(Cc2ccc(Br)cn2)NC)cc1. The molecule has 0 aliphatic carbocycles. The van der Waals surface area contributed by atoms with Gasteiger partial charge in [0.2, 0.25) is 0 Å². The topological polar surface area (TPSA) is 24.9 Å². The molecule has 0 amide bonds. The molecule has 1 N–H and O–H groups in total. The highest BCUT2D eigenvalue weighted by Gasteiger charge is 2.10. The zero-order chi connectivity index (χ0) is 13.7. The van der Waals surface area contributed by atoms with Crippen LogP contribution in [0.1, 0.15) is 29.8 Å². The normalized spacial score (nSPS) is 12.4. The van der Waals surface area contributed by atoms with Crippen LogP contribution in [0.2, 0.25) is 0 Å². The molecule has 0 saturated heterocycles. The molecule has 1 aromatic heterocycles. The number of rotatable bonds is 5. The molecule has 2 nitrogen and oxygen atoms in total. The Morgan fingerprint density at radius 3 is 2.42 bits per heavy atom. The van der Waals surface area contributed by atoms with Crippen LogP contribution in [0.5, 0.6) is 0 Å². The average Bonchev–Trinajstić information content (AvgIpc) is 2.47. The second kappa shape index (κ2) is 6.83. The van der Waals surface area contributed by atoms with Gasteiger partial charge in [-0.2, -0.15) is 0 Å². The van der Waals surface area contributed by atoms with Gasteiger partial charge in [0.25, 0.3) is 0 Å². The number of nitrogens with zero attached hydrogens (tertiary/aromatic N) is 1. The summed E-state index contributed by atoms with van der Waals surface area (Å²) in [5.74, 6) is 0. The van der Waals surface area contributed by atoms with Crippen molar-refractivity contribution in [3.63, 3.8) is 0 Å². The minimum Gasteiger partial charge on any atom is -0.313 e. The van der Waals surface area contributed by atoms with Crippen molar-refractivity contribution in [1.82, 2.24) is 10.3 Å². The zero-order valence-electron chi connectivity index (χ0n) is 11.4. The van der Waals surface area contributed by atoms with Crippen molar-refractivity contribution in [2.45, 2.75) is 25.8 Å². The summed E-state index contributed by atoms with van der Waals surface area (Å²) in [6, 6.07) is 13.2. The molecule has 19 heavy (non-hydrogen) atoms. The minimum atomic E-state index is 0.305. The standard InChI is InChI=1S/C16H19BrN2/c1-3-12-4-6-13(7-5-12)16(18-2)10-15-9-8-14(17)11-19-15/h4-9,11,16,18H,3,10H2,1-2H3. The molecule has 100 valence electrons. The highest BCUT2D eigenvalue weighted by molar-refractivity contribution is 9.10. The second-order valence-corrected chi connectivity index (χ2v) is 5.52. The number of aryl methyl sites for hydroxylation is 1. The first-order valence-electron chi connectivity index (χ1n) is 6.59. The molecule has 1 unspecified atom stereocenters. The average molecular weight is 319 g/mol. The van der Waals surface area contributed by atoms with E-state index in [1.807, 2.05) is 19.3 Å². The Kier molecular flexibility index (Phi) is 5.11. The van der Waals surface area contributed by atoms with Crippen LogP contribution in [0.15, 0.2) is 47.1 Å². The van der Waals surface area contributed by atoms with E-state index in [9.17, 15) is 0 Å². The summed E-state index contributed by atoms with van der Waals surface area (Å²) in [5.41, 5.74) is 3.78. The second-order valence-electron chi connectivity index (χ2n) is 4.61. The molecule has 2 aromatic rings. The Morgan fingerprint density at radius 2 is 1.89 bits per heavy atom. The summed E-state index contributed by atoms with van der Waals surface area (Å²) >= 11 is 3.41. The molecule has 2 rings (SSSR count). The van der Waals surface area contributed by atoms with Crippen molar-refractivity contribution in [2.24, 2.45) is 0 Å². The number of hydrogen-bond donors (Lipinski definition) is 1. The Bertz CT molecular complexity index is 505. The van der Waals surface area contributed by atoms with E-state index in [4.69, 9.17) is 0 Å². The summed E-state index contributed by atoms with van der Waals surface area (Å²) in [6.45, 7) is 2.18. The third-order valence-corrected chi connectivity index (χ3v) is 3.81. The number of benzene rings is 1. The van der Waals surface area contributed by atoms with Gasteiger partial charge in [-0.15, -0.1) is 0 Å². The van der Waals surface area contributed by atoms with E-state index in [2.05, 4.69) is 63.5 Å². The van der Waals surface area contributed by atoms with Crippen molar-refractivity contribution in [2.75, 3.05) is 7.05 Å². The van der Waals surface area contributed by atoms with E-state index in [-0.39, 0.29) is 0 Å². The number of likely N-dealkylation sites (N-methyl/N-ethyl adjacent to an activating group) is 1. The molecule has 0 spiro atoms. The van der Waals surface area contributed by atoms with Gasteiger partial charge in [0, 0.05) is 28.8 Å². The molecule has 0 saturated carbocycles. The molecule has 0 aliphatic heterocycles. The van der Waals surface area contributed by atoms with E-state index in [0.717, 1.165) is 23.0 Å². The first kappa shape index (κ1) is 14.2. The van der Waals surface area contributed by atoms with Crippen LogP contribution in [0.25, 0.3) is 0 Å². The molecule has 0 fully saturated rings. The van der Waals surface area contributed by atoms with Crippen molar-refractivity contribution in [1.29, 1.82) is 0 Å². The van der Waals surface area contributed by atoms with Crippen LogP contribution in [0, 0.1) is 0 Å². The molecule has 1 aromatic carbocycles. The van der Waals surface area contributed by atoms with Crippen LogP contribution in [0.3, 0.4) is 0 Å². The van der Waals surface area contributed by atoms with Crippen LogP contribution < -0.4 is 5.32 Å². The number of halogens is 1. The fourth-order valence-electron chi connectivity index (χ4n) is 2.11. The van der Waals surface area contributed by atoms with Crippen molar-refractivity contribution in [3.05, 3.63) is 63.9 Å². The van der Waals surface area contributed by atoms with Gasteiger partial charge in [0.15, 0.2) is 0 Å². The largest absolute Gasteiger partial charge is 0.313 e. The fraction of sp³-hybridized carbons (Fsp3) is 0.312. The lowest BCUT2D eigenvalue weighted by molar-refractivity contribution is 0.584. The lowest BCUT2D eigenvalue weighted by Crippen LogP contribution is -2.19. The highest BCUT2D eigenvalue weighted by atomic mass is 79.9. The Morgan fingerprint density at radius 1 is 1.16 bits per heavy atom. The molecule has 0 aliphatic rings. The molecule has 3 heteroatoms. The van der Waals surface area contributed by atoms with Crippen LogP contribution in [0.4, 0.5) is 0 Å². The van der Waals surface area contributed by atoms with Gasteiger partial charge in [-0.25, -0.2) is 0 Å². The van der Waals surface area contributed by atoms with Crippen molar-refractivity contribution in [3.8, 4) is 0 Å². The Labute approximate surface area is 123 Å². The van der Waals surface area contributed by atoms with E-state index in [0.29, 0.717) is 6.04 Å². The van der Waals surface area contributed by atoms with Gasteiger partial charge in [-0.1, -0.05) is 31.2 Å². The predicted molar refractivity (Wildman–Crippen MR) is 83.3 cm³/mol.